The van der Waals surface area contributed by atoms with Gasteiger partial charge in [-0.25, -0.2) is 9.78 Å². The van der Waals surface area contributed by atoms with Gasteiger partial charge in [0, 0.05) is 5.38 Å². The van der Waals surface area contributed by atoms with E-state index in [0.29, 0.717) is 23.0 Å². The summed E-state index contributed by atoms with van der Waals surface area (Å²) in [6.45, 7) is 8.45. The predicted molar refractivity (Wildman–Crippen MR) is 75.2 cm³/mol. The molecule has 4 nitrogen and oxygen atoms in total. The van der Waals surface area contributed by atoms with E-state index in [1.165, 1.54) is 11.3 Å². The highest BCUT2D eigenvalue weighted by Crippen LogP contribution is 2.26. The van der Waals surface area contributed by atoms with E-state index in [-0.39, 0.29) is 11.4 Å². The lowest BCUT2D eigenvalue weighted by Gasteiger charge is -2.15. The van der Waals surface area contributed by atoms with E-state index in [1.54, 1.807) is 5.38 Å². The minimum absolute atomic E-state index is 0.126. The van der Waals surface area contributed by atoms with Crippen LogP contribution in [0, 0.1) is 5.41 Å². The third-order valence-corrected chi connectivity index (χ3v) is 2.71. The van der Waals surface area contributed by atoms with Crippen LogP contribution in [0.4, 0.5) is 5.13 Å². The summed E-state index contributed by atoms with van der Waals surface area (Å²) in [5.74, 6) is -0.336. The number of esters is 1. The molecule has 0 bridgehead atoms. The van der Waals surface area contributed by atoms with Crippen LogP contribution in [0.5, 0.6) is 0 Å². The van der Waals surface area contributed by atoms with Crippen molar-refractivity contribution < 1.29 is 9.53 Å². The molecule has 0 aliphatic rings. The van der Waals surface area contributed by atoms with Crippen molar-refractivity contribution in [3.05, 3.63) is 17.2 Å². The number of hydrogen-bond acceptors (Lipinski definition) is 5. The standard InChI is InChI=1S/C13H20N2O2S/c1-5-6-17-11(16)9(7-13(2,3)4)10-8-18-12(14)15-10/h7-8H,5-6H2,1-4H3,(H2,14,15)/b9-7-. The van der Waals surface area contributed by atoms with Gasteiger partial charge in [0.2, 0.25) is 0 Å². The molecule has 0 saturated heterocycles. The number of hydrogen-bond donors (Lipinski definition) is 1. The summed E-state index contributed by atoms with van der Waals surface area (Å²) in [6, 6.07) is 0. The molecule has 1 heterocycles. The van der Waals surface area contributed by atoms with Crippen LogP contribution in [0.15, 0.2) is 11.5 Å². The molecule has 0 radical (unpaired) electrons. The van der Waals surface area contributed by atoms with Gasteiger partial charge in [-0.1, -0.05) is 33.8 Å². The van der Waals surface area contributed by atoms with Crippen LogP contribution >= 0.6 is 11.3 Å². The Hall–Kier alpha value is -1.36. The largest absolute Gasteiger partial charge is 0.462 e. The number of rotatable bonds is 4. The maximum atomic E-state index is 12.0. The molecular weight excluding hydrogens is 248 g/mol. The van der Waals surface area contributed by atoms with Crippen LogP contribution in [-0.4, -0.2) is 17.6 Å². The number of allylic oxidation sites excluding steroid dienone is 1. The fourth-order valence-corrected chi connectivity index (χ4v) is 1.92. The second kappa shape index (κ2) is 6.00. The number of carbonyl (C=O) groups excluding carboxylic acids is 1. The first-order valence-electron chi connectivity index (χ1n) is 5.95. The highest BCUT2D eigenvalue weighted by atomic mass is 32.1. The molecule has 0 aliphatic heterocycles. The minimum Gasteiger partial charge on any atom is -0.462 e. The molecule has 100 valence electrons. The molecule has 0 atom stereocenters. The molecular formula is C13H20N2O2S. The Kier molecular flexibility index (Phi) is 4.90. The fraction of sp³-hybridized carbons (Fsp3) is 0.538. The summed E-state index contributed by atoms with van der Waals surface area (Å²) < 4.78 is 5.18. The Morgan fingerprint density at radius 1 is 1.56 bits per heavy atom. The second-order valence-electron chi connectivity index (χ2n) is 5.13. The third-order valence-electron chi connectivity index (χ3n) is 2.03. The molecule has 1 aromatic rings. The lowest BCUT2D eigenvalue weighted by atomic mass is 9.92. The predicted octanol–water partition coefficient (Wildman–Crippen LogP) is 3.11. The fourth-order valence-electron chi connectivity index (χ4n) is 1.35. The van der Waals surface area contributed by atoms with E-state index in [4.69, 9.17) is 10.5 Å². The molecule has 0 fully saturated rings. The van der Waals surface area contributed by atoms with Crippen LogP contribution in [0.1, 0.15) is 39.8 Å². The van der Waals surface area contributed by atoms with Gasteiger partial charge < -0.3 is 10.5 Å². The summed E-state index contributed by atoms with van der Waals surface area (Å²) in [5, 5.41) is 2.23. The number of aromatic nitrogens is 1. The maximum Gasteiger partial charge on any atom is 0.340 e. The highest BCUT2D eigenvalue weighted by molar-refractivity contribution is 7.13. The first kappa shape index (κ1) is 14.7. The van der Waals surface area contributed by atoms with Crippen LogP contribution in [0.3, 0.4) is 0 Å². The van der Waals surface area contributed by atoms with Gasteiger partial charge in [0.05, 0.1) is 17.9 Å². The molecule has 18 heavy (non-hydrogen) atoms. The summed E-state index contributed by atoms with van der Waals surface area (Å²) in [6.07, 6.45) is 2.67. The SMILES string of the molecule is CCCOC(=O)/C(=C\C(C)(C)C)c1csc(N)n1. The molecule has 0 unspecified atom stereocenters. The van der Waals surface area contributed by atoms with E-state index in [9.17, 15) is 4.79 Å². The molecule has 5 heteroatoms. The van der Waals surface area contributed by atoms with E-state index in [2.05, 4.69) is 4.98 Å². The lowest BCUT2D eigenvalue weighted by molar-refractivity contribution is -0.136. The van der Waals surface area contributed by atoms with Gasteiger partial charge in [-0.2, -0.15) is 0 Å². The Bertz CT molecular complexity index is 444. The Balaban J connectivity index is 3.03. The van der Waals surface area contributed by atoms with E-state index >= 15 is 0 Å². The van der Waals surface area contributed by atoms with Crippen molar-refractivity contribution in [1.82, 2.24) is 4.98 Å². The van der Waals surface area contributed by atoms with Gasteiger partial charge in [0.1, 0.15) is 0 Å². The smallest absolute Gasteiger partial charge is 0.340 e. The van der Waals surface area contributed by atoms with Crippen molar-refractivity contribution in [3.8, 4) is 0 Å². The molecule has 0 aliphatic carbocycles. The van der Waals surface area contributed by atoms with Gasteiger partial charge >= 0.3 is 5.97 Å². The number of nitrogens with zero attached hydrogens (tertiary/aromatic N) is 1. The number of nitrogen functional groups attached to an aromatic ring is 1. The van der Waals surface area contributed by atoms with Gasteiger partial charge in [-0.15, -0.1) is 11.3 Å². The maximum absolute atomic E-state index is 12.0. The van der Waals surface area contributed by atoms with Crippen molar-refractivity contribution >= 4 is 28.0 Å². The Morgan fingerprint density at radius 2 is 2.22 bits per heavy atom. The molecule has 0 aromatic carbocycles. The zero-order chi connectivity index (χ0) is 13.8. The quantitative estimate of drug-likeness (QED) is 0.673. The molecule has 1 aromatic heterocycles. The first-order valence-corrected chi connectivity index (χ1v) is 6.83. The lowest BCUT2D eigenvalue weighted by Crippen LogP contribution is -2.12. The number of ether oxygens (including phenoxy) is 1. The number of nitrogens with two attached hydrogens (primary N) is 1. The van der Waals surface area contributed by atoms with Crippen molar-refractivity contribution in [1.29, 1.82) is 0 Å². The summed E-state index contributed by atoms with van der Waals surface area (Å²) >= 11 is 1.32. The van der Waals surface area contributed by atoms with Gasteiger partial charge in [-0.3, -0.25) is 0 Å². The molecule has 0 spiro atoms. The Morgan fingerprint density at radius 3 is 2.67 bits per heavy atom. The van der Waals surface area contributed by atoms with Gasteiger partial charge in [-0.05, 0) is 11.8 Å². The third kappa shape index (κ3) is 4.49. The number of carbonyl (C=O) groups is 1. The molecule has 0 saturated carbocycles. The number of thiazole rings is 1. The van der Waals surface area contributed by atoms with Crippen molar-refractivity contribution in [2.24, 2.45) is 5.41 Å². The van der Waals surface area contributed by atoms with Crippen LogP contribution < -0.4 is 5.73 Å². The second-order valence-corrected chi connectivity index (χ2v) is 6.02. The normalized spacial score (nSPS) is 12.6. The summed E-state index contributed by atoms with van der Waals surface area (Å²) in [4.78, 5) is 16.2. The zero-order valence-electron chi connectivity index (χ0n) is 11.3. The average Bonchev–Trinajstić information content (AvgIpc) is 2.68. The van der Waals surface area contributed by atoms with Crippen LogP contribution in [-0.2, 0) is 9.53 Å². The zero-order valence-corrected chi connectivity index (χ0v) is 12.1. The summed E-state index contributed by atoms with van der Waals surface area (Å²) in [5.41, 5.74) is 6.56. The molecule has 0 amide bonds. The van der Waals surface area contributed by atoms with Gasteiger partial charge in [0.15, 0.2) is 5.13 Å². The topological polar surface area (TPSA) is 65.2 Å². The first-order chi connectivity index (χ1) is 8.33. The molecule has 1 rings (SSSR count). The number of anilines is 1. The van der Waals surface area contributed by atoms with Crippen LogP contribution in [0.25, 0.3) is 5.57 Å². The monoisotopic (exact) mass is 268 g/mol. The Labute approximate surface area is 112 Å². The molecule has 2 N–H and O–H groups in total. The van der Waals surface area contributed by atoms with Crippen molar-refractivity contribution in [3.63, 3.8) is 0 Å². The van der Waals surface area contributed by atoms with E-state index < -0.39 is 0 Å². The van der Waals surface area contributed by atoms with Gasteiger partial charge in [0.25, 0.3) is 0 Å². The highest BCUT2D eigenvalue weighted by Gasteiger charge is 2.20. The van der Waals surface area contributed by atoms with Crippen molar-refractivity contribution in [2.45, 2.75) is 34.1 Å². The summed E-state index contributed by atoms with van der Waals surface area (Å²) in [7, 11) is 0. The minimum atomic E-state index is -0.336. The van der Waals surface area contributed by atoms with E-state index in [0.717, 1.165) is 6.42 Å². The van der Waals surface area contributed by atoms with E-state index in [1.807, 2.05) is 33.8 Å². The van der Waals surface area contributed by atoms with Crippen molar-refractivity contribution in [2.75, 3.05) is 12.3 Å². The van der Waals surface area contributed by atoms with Crippen LogP contribution in [0.2, 0.25) is 0 Å². The average molecular weight is 268 g/mol.